The third-order valence-electron chi connectivity index (χ3n) is 3.86. The molecule has 0 radical (unpaired) electrons. The highest BCUT2D eigenvalue weighted by Crippen LogP contribution is 2.26. The van der Waals surface area contributed by atoms with E-state index in [9.17, 15) is 8.78 Å². The highest BCUT2D eigenvalue weighted by molar-refractivity contribution is 5.57. The third-order valence-corrected chi connectivity index (χ3v) is 3.86. The average molecular weight is 288 g/mol. The first kappa shape index (κ1) is 14.0. The number of hydrogen-bond acceptors (Lipinski definition) is 2. The van der Waals surface area contributed by atoms with Gasteiger partial charge in [-0.15, -0.1) is 0 Å². The molecule has 2 N–H and O–H groups in total. The van der Waals surface area contributed by atoms with Gasteiger partial charge in [-0.3, -0.25) is 0 Å². The largest absolute Gasteiger partial charge is 0.378 e. The van der Waals surface area contributed by atoms with Crippen LogP contribution in [0.1, 0.15) is 16.7 Å². The summed E-state index contributed by atoms with van der Waals surface area (Å²) in [6.07, 6.45) is 1.74. The SMILES string of the molecule is Fc1ccc(CNc2c(F)ccc3c2CCNCC3)cc1. The third kappa shape index (κ3) is 3.22. The van der Waals surface area contributed by atoms with Crippen molar-refractivity contribution >= 4 is 5.69 Å². The topological polar surface area (TPSA) is 24.1 Å². The van der Waals surface area contributed by atoms with Crippen LogP contribution in [0.2, 0.25) is 0 Å². The predicted molar refractivity (Wildman–Crippen MR) is 80.4 cm³/mol. The molecule has 0 unspecified atom stereocenters. The molecule has 0 fully saturated rings. The molecule has 2 aromatic rings. The van der Waals surface area contributed by atoms with Crippen LogP contribution in [0.25, 0.3) is 0 Å². The number of hydrogen-bond donors (Lipinski definition) is 2. The fourth-order valence-electron chi connectivity index (χ4n) is 2.73. The fourth-order valence-corrected chi connectivity index (χ4v) is 2.73. The molecule has 1 heterocycles. The van der Waals surface area contributed by atoms with Crippen molar-refractivity contribution in [2.24, 2.45) is 0 Å². The van der Waals surface area contributed by atoms with E-state index in [1.165, 1.54) is 23.8 Å². The highest BCUT2D eigenvalue weighted by Gasteiger charge is 2.15. The highest BCUT2D eigenvalue weighted by atomic mass is 19.1. The summed E-state index contributed by atoms with van der Waals surface area (Å²) in [7, 11) is 0. The molecular formula is C17H18F2N2. The van der Waals surface area contributed by atoms with E-state index in [1.54, 1.807) is 12.1 Å². The summed E-state index contributed by atoms with van der Waals surface area (Å²) < 4.78 is 27.0. The Morgan fingerprint density at radius 2 is 1.71 bits per heavy atom. The smallest absolute Gasteiger partial charge is 0.146 e. The molecule has 0 saturated carbocycles. The molecule has 0 atom stereocenters. The normalized spacial score (nSPS) is 14.4. The monoisotopic (exact) mass is 288 g/mol. The number of benzene rings is 2. The lowest BCUT2D eigenvalue weighted by molar-refractivity contribution is 0.625. The molecule has 1 aliphatic heterocycles. The number of halogens is 2. The van der Waals surface area contributed by atoms with Crippen LogP contribution < -0.4 is 10.6 Å². The molecule has 0 aliphatic carbocycles. The molecule has 0 bridgehead atoms. The maximum absolute atomic E-state index is 14.1. The van der Waals surface area contributed by atoms with Crippen molar-refractivity contribution in [3.63, 3.8) is 0 Å². The Labute approximate surface area is 123 Å². The summed E-state index contributed by atoms with van der Waals surface area (Å²) in [5.41, 5.74) is 3.77. The first-order valence-corrected chi connectivity index (χ1v) is 7.23. The molecular weight excluding hydrogens is 270 g/mol. The van der Waals surface area contributed by atoms with Gasteiger partial charge in [0.25, 0.3) is 0 Å². The Kier molecular flexibility index (Phi) is 4.15. The summed E-state index contributed by atoms with van der Waals surface area (Å²) in [6.45, 7) is 2.28. The number of anilines is 1. The number of rotatable bonds is 3. The second-order valence-corrected chi connectivity index (χ2v) is 5.29. The van der Waals surface area contributed by atoms with E-state index in [2.05, 4.69) is 10.6 Å². The van der Waals surface area contributed by atoms with E-state index in [1.807, 2.05) is 6.07 Å². The summed E-state index contributed by atoms with van der Waals surface area (Å²) in [5, 5.41) is 6.51. The van der Waals surface area contributed by atoms with Gasteiger partial charge in [0.2, 0.25) is 0 Å². The molecule has 0 aromatic heterocycles. The van der Waals surface area contributed by atoms with Gasteiger partial charge in [0.1, 0.15) is 11.6 Å². The quantitative estimate of drug-likeness (QED) is 0.906. The van der Waals surface area contributed by atoms with Crippen molar-refractivity contribution in [1.82, 2.24) is 5.32 Å². The lowest BCUT2D eigenvalue weighted by atomic mass is 10.00. The Balaban J connectivity index is 1.82. The second kappa shape index (κ2) is 6.22. The number of fused-ring (bicyclic) bond motifs is 1. The maximum Gasteiger partial charge on any atom is 0.146 e. The summed E-state index contributed by atoms with van der Waals surface area (Å²) >= 11 is 0. The van der Waals surface area contributed by atoms with E-state index < -0.39 is 0 Å². The molecule has 110 valence electrons. The molecule has 0 spiro atoms. The van der Waals surface area contributed by atoms with Crippen molar-refractivity contribution < 1.29 is 8.78 Å². The van der Waals surface area contributed by atoms with Gasteiger partial charge in [-0.05, 0) is 60.8 Å². The zero-order valence-corrected chi connectivity index (χ0v) is 11.8. The summed E-state index contributed by atoms with van der Waals surface area (Å²) in [4.78, 5) is 0. The molecule has 1 aliphatic rings. The first-order chi connectivity index (χ1) is 10.2. The Bertz CT molecular complexity index is 623. The standard InChI is InChI=1S/C17H18F2N2/c18-14-4-1-12(2-5-14)11-21-17-15-8-10-20-9-7-13(15)3-6-16(17)19/h1-6,20-21H,7-11H2. The van der Waals surface area contributed by atoms with Crippen molar-refractivity contribution in [2.45, 2.75) is 19.4 Å². The molecule has 21 heavy (non-hydrogen) atoms. The minimum Gasteiger partial charge on any atom is -0.378 e. The van der Waals surface area contributed by atoms with Gasteiger partial charge in [-0.1, -0.05) is 18.2 Å². The minimum atomic E-state index is -0.260. The summed E-state index contributed by atoms with van der Waals surface area (Å²) in [6, 6.07) is 9.66. The minimum absolute atomic E-state index is 0.224. The van der Waals surface area contributed by atoms with Crippen LogP contribution in [0.4, 0.5) is 14.5 Å². The second-order valence-electron chi connectivity index (χ2n) is 5.29. The maximum atomic E-state index is 14.1. The first-order valence-electron chi connectivity index (χ1n) is 7.23. The van der Waals surface area contributed by atoms with Crippen LogP contribution in [0.5, 0.6) is 0 Å². The molecule has 0 amide bonds. The number of nitrogens with one attached hydrogen (secondary N) is 2. The fraction of sp³-hybridized carbons (Fsp3) is 0.294. The van der Waals surface area contributed by atoms with Crippen LogP contribution in [-0.2, 0) is 19.4 Å². The van der Waals surface area contributed by atoms with E-state index in [4.69, 9.17) is 0 Å². The van der Waals surface area contributed by atoms with Gasteiger partial charge in [-0.2, -0.15) is 0 Å². The van der Waals surface area contributed by atoms with Gasteiger partial charge in [0.05, 0.1) is 5.69 Å². The Morgan fingerprint density at radius 3 is 2.52 bits per heavy atom. The van der Waals surface area contributed by atoms with Crippen LogP contribution in [-0.4, -0.2) is 13.1 Å². The van der Waals surface area contributed by atoms with Gasteiger partial charge < -0.3 is 10.6 Å². The van der Waals surface area contributed by atoms with Crippen molar-refractivity contribution in [2.75, 3.05) is 18.4 Å². The molecule has 2 nitrogen and oxygen atoms in total. The zero-order chi connectivity index (χ0) is 14.7. The molecule has 4 heteroatoms. The molecule has 3 rings (SSSR count). The Morgan fingerprint density at radius 1 is 0.952 bits per heavy atom. The van der Waals surface area contributed by atoms with Crippen LogP contribution in [0.15, 0.2) is 36.4 Å². The van der Waals surface area contributed by atoms with E-state index in [-0.39, 0.29) is 11.6 Å². The van der Waals surface area contributed by atoms with E-state index >= 15 is 0 Å². The van der Waals surface area contributed by atoms with Crippen molar-refractivity contribution in [3.05, 3.63) is 64.7 Å². The predicted octanol–water partition coefficient (Wildman–Crippen LogP) is 3.27. The van der Waals surface area contributed by atoms with E-state index in [0.717, 1.165) is 37.1 Å². The lowest BCUT2D eigenvalue weighted by Gasteiger charge is -2.15. The van der Waals surface area contributed by atoms with Gasteiger partial charge in [0.15, 0.2) is 0 Å². The molecule has 0 saturated heterocycles. The zero-order valence-electron chi connectivity index (χ0n) is 11.8. The molecule has 2 aromatic carbocycles. The Hall–Kier alpha value is -1.94. The van der Waals surface area contributed by atoms with E-state index in [0.29, 0.717) is 12.2 Å². The van der Waals surface area contributed by atoms with Crippen molar-refractivity contribution in [1.29, 1.82) is 0 Å². The van der Waals surface area contributed by atoms with Crippen LogP contribution in [0.3, 0.4) is 0 Å². The average Bonchev–Trinajstić information content (AvgIpc) is 2.73. The van der Waals surface area contributed by atoms with Gasteiger partial charge in [0, 0.05) is 6.54 Å². The van der Waals surface area contributed by atoms with Gasteiger partial charge >= 0.3 is 0 Å². The van der Waals surface area contributed by atoms with Crippen molar-refractivity contribution in [3.8, 4) is 0 Å². The lowest BCUT2D eigenvalue weighted by Crippen LogP contribution is -2.16. The summed E-state index contributed by atoms with van der Waals surface area (Å²) in [5.74, 6) is -0.484. The van der Waals surface area contributed by atoms with Gasteiger partial charge in [-0.25, -0.2) is 8.78 Å². The van der Waals surface area contributed by atoms with Crippen LogP contribution >= 0.6 is 0 Å². The van der Waals surface area contributed by atoms with Crippen LogP contribution in [0, 0.1) is 11.6 Å².